The van der Waals surface area contributed by atoms with Gasteiger partial charge in [-0.05, 0) is 24.3 Å². The molecule has 2 rings (SSSR count). The summed E-state index contributed by atoms with van der Waals surface area (Å²) in [5.74, 6) is 0.998. The Labute approximate surface area is 94.5 Å². The lowest BCUT2D eigenvalue weighted by Crippen LogP contribution is -2.17. The quantitative estimate of drug-likeness (QED) is 0.746. The molecule has 0 aliphatic carbocycles. The first-order valence-electron chi connectivity index (χ1n) is 5.28. The van der Waals surface area contributed by atoms with Gasteiger partial charge >= 0.3 is 0 Å². The Morgan fingerprint density at radius 2 is 2.25 bits per heavy atom. The average molecular weight is 217 g/mol. The maximum absolute atomic E-state index is 5.55. The van der Waals surface area contributed by atoms with Crippen LogP contribution < -0.4 is 11.1 Å². The zero-order valence-corrected chi connectivity index (χ0v) is 9.02. The molecule has 0 unspecified atom stereocenters. The molecule has 2 aromatic heterocycles. The van der Waals surface area contributed by atoms with Gasteiger partial charge in [0.05, 0.1) is 23.8 Å². The third kappa shape index (κ3) is 3.10. The summed E-state index contributed by atoms with van der Waals surface area (Å²) in [4.78, 5) is 4.20. The third-order valence-corrected chi connectivity index (χ3v) is 2.28. The predicted octanol–water partition coefficient (Wildman–Crippen LogP) is 1.59. The zero-order valence-electron chi connectivity index (χ0n) is 9.02. The number of furan rings is 1. The van der Waals surface area contributed by atoms with Crippen molar-refractivity contribution in [3.8, 4) is 0 Å². The summed E-state index contributed by atoms with van der Waals surface area (Å²) in [6.45, 7) is 1.63. The normalized spacial score (nSPS) is 10.5. The highest BCUT2D eigenvalue weighted by atomic mass is 16.3. The van der Waals surface area contributed by atoms with Gasteiger partial charge in [0.2, 0.25) is 0 Å². The van der Waals surface area contributed by atoms with Crippen LogP contribution in [0.25, 0.3) is 0 Å². The van der Waals surface area contributed by atoms with E-state index in [2.05, 4.69) is 10.3 Å². The van der Waals surface area contributed by atoms with Crippen molar-refractivity contribution in [2.45, 2.75) is 13.0 Å². The van der Waals surface area contributed by atoms with Crippen molar-refractivity contribution in [1.82, 2.24) is 10.3 Å². The monoisotopic (exact) mass is 217 g/mol. The van der Waals surface area contributed by atoms with E-state index in [4.69, 9.17) is 10.2 Å². The van der Waals surface area contributed by atoms with E-state index in [1.54, 1.807) is 12.5 Å². The maximum atomic E-state index is 5.55. The molecule has 4 heteroatoms. The number of pyridine rings is 1. The molecule has 3 N–H and O–H groups in total. The zero-order chi connectivity index (χ0) is 11.2. The summed E-state index contributed by atoms with van der Waals surface area (Å²) in [5, 5.41) is 3.30. The minimum absolute atomic E-state index is 0.694. The van der Waals surface area contributed by atoms with Gasteiger partial charge in [0.1, 0.15) is 5.76 Å². The highest BCUT2D eigenvalue weighted by Crippen LogP contribution is 2.02. The Morgan fingerprint density at radius 1 is 1.31 bits per heavy atom. The van der Waals surface area contributed by atoms with Crippen molar-refractivity contribution in [1.29, 1.82) is 0 Å². The van der Waals surface area contributed by atoms with Crippen LogP contribution in [0.1, 0.15) is 11.5 Å². The van der Waals surface area contributed by atoms with Gasteiger partial charge in [-0.3, -0.25) is 4.98 Å². The van der Waals surface area contributed by atoms with Crippen molar-refractivity contribution in [3.05, 3.63) is 48.2 Å². The molecule has 0 atom stereocenters. The fraction of sp³-hybridized carbons (Fsp3) is 0.250. The molecular formula is C12H15N3O. The molecule has 2 aromatic rings. The molecular weight excluding hydrogens is 202 g/mol. The Bertz CT molecular complexity index is 408. The summed E-state index contributed by atoms with van der Waals surface area (Å²) in [5.41, 5.74) is 7.24. The summed E-state index contributed by atoms with van der Waals surface area (Å²) in [6.07, 6.45) is 4.25. The van der Waals surface area contributed by atoms with E-state index in [0.717, 1.165) is 31.0 Å². The largest absolute Gasteiger partial charge is 0.469 e. The average Bonchev–Trinajstić information content (AvgIpc) is 2.80. The fourth-order valence-electron chi connectivity index (χ4n) is 1.42. The topological polar surface area (TPSA) is 64.1 Å². The summed E-state index contributed by atoms with van der Waals surface area (Å²) >= 11 is 0. The van der Waals surface area contributed by atoms with Gasteiger partial charge in [-0.25, -0.2) is 0 Å². The van der Waals surface area contributed by atoms with Crippen molar-refractivity contribution in [2.75, 3.05) is 12.3 Å². The molecule has 16 heavy (non-hydrogen) atoms. The molecule has 0 aliphatic rings. The molecule has 0 saturated heterocycles. The van der Waals surface area contributed by atoms with Crippen molar-refractivity contribution in [3.63, 3.8) is 0 Å². The van der Waals surface area contributed by atoms with Gasteiger partial charge in [0.25, 0.3) is 0 Å². The van der Waals surface area contributed by atoms with E-state index in [1.165, 1.54) is 0 Å². The van der Waals surface area contributed by atoms with Crippen LogP contribution in [0, 0.1) is 0 Å². The molecule has 0 saturated carbocycles. The number of hydrogen-bond donors (Lipinski definition) is 2. The summed E-state index contributed by atoms with van der Waals surface area (Å²) in [7, 11) is 0. The minimum atomic E-state index is 0.694. The second-order valence-corrected chi connectivity index (χ2v) is 3.59. The number of nitrogens with one attached hydrogen (secondary N) is 1. The Morgan fingerprint density at radius 3 is 2.94 bits per heavy atom. The second-order valence-electron chi connectivity index (χ2n) is 3.59. The van der Waals surface area contributed by atoms with Crippen molar-refractivity contribution < 1.29 is 4.42 Å². The van der Waals surface area contributed by atoms with Crippen LogP contribution in [0.5, 0.6) is 0 Å². The lowest BCUT2D eigenvalue weighted by Gasteiger charge is -2.03. The first-order valence-corrected chi connectivity index (χ1v) is 5.28. The highest BCUT2D eigenvalue weighted by molar-refractivity contribution is 5.34. The predicted molar refractivity (Wildman–Crippen MR) is 62.8 cm³/mol. The van der Waals surface area contributed by atoms with Crippen LogP contribution in [0.4, 0.5) is 5.69 Å². The maximum Gasteiger partial charge on any atom is 0.105 e. The molecule has 0 aromatic carbocycles. The van der Waals surface area contributed by atoms with E-state index in [0.29, 0.717) is 5.69 Å². The molecule has 0 fully saturated rings. The number of nitrogens with zero attached hydrogens (tertiary/aromatic N) is 1. The van der Waals surface area contributed by atoms with Gasteiger partial charge in [0.15, 0.2) is 0 Å². The van der Waals surface area contributed by atoms with Gasteiger partial charge in [-0.15, -0.1) is 0 Å². The van der Waals surface area contributed by atoms with Gasteiger partial charge in [0, 0.05) is 19.5 Å². The van der Waals surface area contributed by atoms with Crippen LogP contribution >= 0.6 is 0 Å². The Kier molecular flexibility index (Phi) is 3.56. The molecule has 0 radical (unpaired) electrons. The molecule has 0 amide bonds. The number of nitrogen functional groups attached to an aromatic ring is 1. The van der Waals surface area contributed by atoms with E-state index in [1.807, 2.05) is 24.3 Å². The molecule has 84 valence electrons. The first-order chi connectivity index (χ1) is 7.84. The SMILES string of the molecule is Nc1ccc(CNCCc2ccco2)nc1. The standard InChI is InChI=1S/C12H15N3O/c13-10-3-4-11(15-8-10)9-14-6-5-12-2-1-7-16-12/h1-4,7-8,14H,5-6,9,13H2. The number of rotatable bonds is 5. The Hall–Kier alpha value is -1.81. The molecule has 4 nitrogen and oxygen atoms in total. The van der Waals surface area contributed by atoms with Gasteiger partial charge in [-0.1, -0.05) is 0 Å². The summed E-state index contributed by atoms with van der Waals surface area (Å²) < 4.78 is 5.23. The van der Waals surface area contributed by atoms with Crippen LogP contribution in [-0.2, 0) is 13.0 Å². The molecule has 0 aliphatic heterocycles. The van der Waals surface area contributed by atoms with Crippen molar-refractivity contribution >= 4 is 5.69 Å². The van der Waals surface area contributed by atoms with Crippen molar-refractivity contribution in [2.24, 2.45) is 0 Å². The van der Waals surface area contributed by atoms with Gasteiger partial charge < -0.3 is 15.5 Å². The molecule has 0 spiro atoms. The smallest absolute Gasteiger partial charge is 0.105 e. The minimum Gasteiger partial charge on any atom is -0.469 e. The number of aromatic nitrogens is 1. The molecule has 0 bridgehead atoms. The fourth-order valence-corrected chi connectivity index (χ4v) is 1.42. The van der Waals surface area contributed by atoms with Crippen LogP contribution in [-0.4, -0.2) is 11.5 Å². The number of hydrogen-bond acceptors (Lipinski definition) is 4. The van der Waals surface area contributed by atoms with Crippen LogP contribution in [0.3, 0.4) is 0 Å². The highest BCUT2D eigenvalue weighted by Gasteiger charge is 1.96. The van der Waals surface area contributed by atoms with E-state index < -0.39 is 0 Å². The number of anilines is 1. The van der Waals surface area contributed by atoms with Crippen LogP contribution in [0.2, 0.25) is 0 Å². The lowest BCUT2D eigenvalue weighted by atomic mass is 10.3. The second kappa shape index (κ2) is 5.32. The third-order valence-electron chi connectivity index (χ3n) is 2.28. The first kappa shape index (κ1) is 10.7. The molecule has 2 heterocycles. The lowest BCUT2D eigenvalue weighted by molar-refractivity contribution is 0.498. The van der Waals surface area contributed by atoms with E-state index in [-0.39, 0.29) is 0 Å². The van der Waals surface area contributed by atoms with Crippen LogP contribution in [0.15, 0.2) is 41.1 Å². The van der Waals surface area contributed by atoms with E-state index in [9.17, 15) is 0 Å². The van der Waals surface area contributed by atoms with Gasteiger partial charge in [-0.2, -0.15) is 0 Å². The van der Waals surface area contributed by atoms with E-state index >= 15 is 0 Å². The summed E-state index contributed by atoms with van der Waals surface area (Å²) in [6, 6.07) is 7.66. The number of nitrogens with two attached hydrogens (primary N) is 1. The Balaban J connectivity index is 1.70.